The van der Waals surface area contributed by atoms with Crippen LogP contribution in [0.3, 0.4) is 0 Å². The van der Waals surface area contributed by atoms with E-state index in [4.69, 9.17) is 9.47 Å². The van der Waals surface area contributed by atoms with E-state index >= 15 is 0 Å². The first kappa shape index (κ1) is 24.2. The van der Waals surface area contributed by atoms with Gasteiger partial charge in [-0.1, -0.05) is 0 Å². The fourth-order valence-electron chi connectivity index (χ4n) is 4.58. The molecule has 1 amide bonds. The second-order valence-corrected chi connectivity index (χ2v) is 11.1. The summed E-state index contributed by atoms with van der Waals surface area (Å²) in [5, 5.41) is 2.90. The number of sulfone groups is 1. The van der Waals surface area contributed by atoms with Crippen molar-refractivity contribution < 1.29 is 27.1 Å². The number of rotatable bonds is 6. The highest BCUT2D eigenvalue weighted by atomic mass is 32.2. The highest BCUT2D eigenvalue weighted by Gasteiger charge is 2.45. The SMILES string of the molecule is Cc1c(Nc2ccc(S(C)(=O)=O)cc2F)ncnc1OC1CC2CCC(C1)N2C(=O)OC(C)C. The summed E-state index contributed by atoms with van der Waals surface area (Å²) in [7, 11) is -3.51. The Morgan fingerprint density at radius 2 is 1.88 bits per heavy atom. The van der Waals surface area contributed by atoms with Crippen molar-refractivity contribution >= 4 is 27.4 Å². The van der Waals surface area contributed by atoms with E-state index in [-0.39, 0.29) is 41.0 Å². The van der Waals surface area contributed by atoms with Gasteiger partial charge in [0.1, 0.15) is 24.1 Å². The van der Waals surface area contributed by atoms with Gasteiger partial charge in [0.05, 0.1) is 22.3 Å². The van der Waals surface area contributed by atoms with Crippen LogP contribution in [0, 0.1) is 12.7 Å². The number of fused-ring (bicyclic) bond motifs is 2. The molecule has 184 valence electrons. The number of nitrogens with zero attached hydrogens (tertiary/aromatic N) is 3. The average Bonchev–Trinajstić information content (AvgIpc) is 3.02. The lowest BCUT2D eigenvalue weighted by Crippen LogP contribution is -2.50. The first-order valence-corrected chi connectivity index (χ1v) is 13.2. The Morgan fingerprint density at radius 1 is 1.21 bits per heavy atom. The number of hydrogen-bond donors (Lipinski definition) is 1. The number of aromatic nitrogens is 2. The molecule has 34 heavy (non-hydrogen) atoms. The minimum absolute atomic E-state index is 0.0668. The zero-order chi connectivity index (χ0) is 24.6. The number of carbonyl (C=O) groups excluding carboxylic acids is 1. The van der Waals surface area contributed by atoms with Crippen LogP contribution in [-0.2, 0) is 14.6 Å². The van der Waals surface area contributed by atoms with Gasteiger partial charge in [-0.3, -0.25) is 0 Å². The molecule has 2 bridgehead atoms. The maximum Gasteiger partial charge on any atom is 0.410 e. The predicted molar refractivity (Wildman–Crippen MR) is 123 cm³/mol. The molecule has 11 heteroatoms. The zero-order valence-electron chi connectivity index (χ0n) is 19.6. The molecule has 2 aromatic rings. The van der Waals surface area contributed by atoms with E-state index in [1.54, 1.807) is 6.92 Å². The highest BCUT2D eigenvalue weighted by Crippen LogP contribution is 2.38. The van der Waals surface area contributed by atoms with Gasteiger partial charge in [0.2, 0.25) is 5.88 Å². The van der Waals surface area contributed by atoms with Crippen LogP contribution in [0.5, 0.6) is 5.88 Å². The van der Waals surface area contributed by atoms with Crippen LogP contribution < -0.4 is 10.1 Å². The third-order valence-corrected chi connectivity index (χ3v) is 7.29. The molecule has 9 nitrogen and oxygen atoms in total. The summed E-state index contributed by atoms with van der Waals surface area (Å²) in [6.07, 6.45) is 4.99. The van der Waals surface area contributed by atoms with Crippen LogP contribution in [-0.4, -0.2) is 59.9 Å². The van der Waals surface area contributed by atoms with Crippen molar-refractivity contribution in [3.05, 3.63) is 35.9 Å². The van der Waals surface area contributed by atoms with Crippen molar-refractivity contribution in [3.63, 3.8) is 0 Å². The number of anilines is 2. The third-order valence-electron chi connectivity index (χ3n) is 6.18. The van der Waals surface area contributed by atoms with Gasteiger partial charge in [-0.25, -0.2) is 27.6 Å². The van der Waals surface area contributed by atoms with Crippen LogP contribution in [0.1, 0.15) is 45.1 Å². The fourth-order valence-corrected chi connectivity index (χ4v) is 5.21. The first-order chi connectivity index (χ1) is 16.0. The van der Waals surface area contributed by atoms with Crippen molar-refractivity contribution in [2.45, 2.75) is 75.6 Å². The maximum atomic E-state index is 14.5. The van der Waals surface area contributed by atoms with Gasteiger partial charge < -0.3 is 19.7 Å². The van der Waals surface area contributed by atoms with E-state index < -0.39 is 15.7 Å². The van der Waals surface area contributed by atoms with Crippen LogP contribution in [0.25, 0.3) is 0 Å². The zero-order valence-corrected chi connectivity index (χ0v) is 20.4. The normalized spacial score (nSPS) is 22.1. The lowest BCUT2D eigenvalue weighted by molar-refractivity contribution is 0.0207. The molecule has 2 unspecified atom stereocenters. The first-order valence-electron chi connectivity index (χ1n) is 11.3. The Bertz CT molecular complexity index is 1180. The van der Waals surface area contributed by atoms with Gasteiger partial charge in [0.15, 0.2) is 9.84 Å². The van der Waals surface area contributed by atoms with Crippen molar-refractivity contribution in [1.82, 2.24) is 14.9 Å². The minimum atomic E-state index is -3.51. The van der Waals surface area contributed by atoms with Gasteiger partial charge in [-0.15, -0.1) is 0 Å². The van der Waals surface area contributed by atoms with E-state index in [1.807, 2.05) is 18.7 Å². The summed E-state index contributed by atoms with van der Waals surface area (Å²) in [5.74, 6) is 0.0332. The van der Waals surface area contributed by atoms with Crippen molar-refractivity contribution in [2.75, 3.05) is 11.6 Å². The summed E-state index contributed by atoms with van der Waals surface area (Å²) in [4.78, 5) is 22.7. The van der Waals surface area contributed by atoms with E-state index in [0.29, 0.717) is 30.1 Å². The summed E-state index contributed by atoms with van der Waals surface area (Å²) < 4.78 is 49.4. The standard InChI is InChI=1S/C23H29FN4O5S/c1-13(2)32-23(29)28-15-5-6-16(28)10-17(9-15)33-22-14(3)21(25-12-26-22)27-20-8-7-18(11-19(20)24)34(4,30)31/h7-8,11-13,15-17H,5-6,9-10H2,1-4H3,(H,25,26,27). The molecule has 1 aromatic carbocycles. The number of benzene rings is 1. The molecule has 2 atom stereocenters. The van der Waals surface area contributed by atoms with Crippen LogP contribution in [0.4, 0.5) is 20.7 Å². The second kappa shape index (κ2) is 9.36. The molecule has 1 aromatic heterocycles. The van der Waals surface area contributed by atoms with Gasteiger partial charge in [0.25, 0.3) is 0 Å². The Morgan fingerprint density at radius 3 is 2.47 bits per heavy atom. The van der Waals surface area contributed by atoms with Gasteiger partial charge in [-0.05, 0) is 51.8 Å². The fraction of sp³-hybridized carbons (Fsp3) is 0.522. The number of piperidine rings is 1. The van der Waals surface area contributed by atoms with Crippen molar-refractivity contribution in [2.24, 2.45) is 0 Å². The summed E-state index contributed by atoms with van der Waals surface area (Å²) in [6.45, 7) is 5.44. The Labute approximate surface area is 198 Å². The van der Waals surface area contributed by atoms with Crippen LogP contribution >= 0.6 is 0 Å². The number of hydrogen-bond acceptors (Lipinski definition) is 8. The van der Waals surface area contributed by atoms with E-state index in [1.165, 1.54) is 18.5 Å². The summed E-state index contributed by atoms with van der Waals surface area (Å²) in [6, 6.07) is 3.80. The molecule has 0 spiro atoms. The molecule has 2 aliphatic rings. The smallest absolute Gasteiger partial charge is 0.410 e. The van der Waals surface area contributed by atoms with E-state index in [0.717, 1.165) is 25.2 Å². The van der Waals surface area contributed by atoms with Gasteiger partial charge >= 0.3 is 6.09 Å². The summed E-state index contributed by atoms with van der Waals surface area (Å²) in [5.41, 5.74) is 0.693. The Hall–Kier alpha value is -2.95. The second-order valence-electron chi connectivity index (χ2n) is 9.13. The Balaban J connectivity index is 1.46. The van der Waals surface area contributed by atoms with Crippen LogP contribution in [0.2, 0.25) is 0 Å². The topological polar surface area (TPSA) is 111 Å². The van der Waals surface area contributed by atoms with Crippen LogP contribution in [0.15, 0.2) is 29.4 Å². The Kier molecular flexibility index (Phi) is 6.66. The van der Waals surface area contributed by atoms with Crippen molar-refractivity contribution in [3.8, 4) is 5.88 Å². The third kappa shape index (κ3) is 5.08. The summed E-state index contributed by atoms with van der Waals surface area (Å²) >= 11 is 0. The molecule has 1 N–H and O–H groups in total. The number of amides is 1. The number of nitrogens with one attached hydrogen (secondary N) is 1. The minimum Gasteiger partial charge on any atom is -0.474 e. The average molecular weight is 493 g/mol. The van der Waals surface area contributed by atoms with Gasteiger partial charge in [-0.2, -0.15) is 0 Å². The molecule has 3 heterocycles. The molecular formula is C23H29FN4O5S. The quantitative estimate of drug-likeness (QED) is 0.645. The lowest BCUT2D eigenvalue weighted by atomic mass is 10.0. The molecule has 2 fully saturated rings. The number of ether oxygens (including phenoxy) is 2. The number of carbonyl (C=O) groups is 1. The predicted octanol–water partition coefficient (Wildman–Crippen LogP) is 3.99. The number of halogens is 1. The molecule has 0 saturated carbocycles. The maximum absolute atomic E-state index is 14.5. The molecular weight excluding hydrogens is 463 g/mol. The largest absolute Gasteiger partial charge is 0.474 e. The van der Waals surface area contributed by atoms with Crippen molar-refractivity contribution in [1.29, 1.82) is 0 Å². The molecule has 4 rings (SSSR count). The van der Waals surface area contributed by atoms with E-state index in [9.17, 15) is 17.6 Å². The highest BCUT2D eigenvalue weighted by molar-refractivity contribution is 7.90. The lowest BCUT2D eigenvalue weighted by Gasteiger charge is -2.38. The molecule has 0 aliphatic carbocycles. The molecule has 2 aliphatic heterocycles. The molecule has 2 saturated heterocycles. The van der Waals surface area contributed by atoms with E-state index in [2.05, 4.69) is 15.3 Å². The molecule has 0 radical (unpaired) electrons. The van der Waals surface area contributed by atoms with Gasteiger partial charge in [0, 0.05) is 31.2 Å². The monoisotopic (exact) mass is 492 g/mol.